The van der Waals surface area contributed by atoms with Crippen molar-refractivity contribution in [3.05, 3.63) is 83.3 Å². The van der Waals surface area contributed by atoms with Crippen molar-refractivity contribution in [3.8, 4) is 17.1 Å². The molecule has 0 fully saturated rings. The van der Waals surface area contributed by atoms with Crippen molar-refractivity contribution < 1.29 is 4.74 Å². The van der Waals surface area contributed by atoms with Crippen molar-refractivity contribution in [1.82, 2.24) is 15.0 Å². The second-order valence-electron chi connectivity index (χ2n) is 6.41. The summed E-state index contributed by atoms with van der Waals surface area (Å²) in [6.45, 7) is 1.20. The van der Waals surface area contributed by atoms with Gasteiger partial charge < -0.3 is 14.6 Å². The molecule has 0 bridgehead atoms. The Bertz CT molecular complexity index is 1120. The molecule has 4 rings (SSSR count). The largest absolute Gasteiger partial charge is 0.492 e. The Balaban J connectivity index is 1.62. The second kappa shape index (κ2) is 7.92. The Morgan fingerprint density at radius 1 is 0.964 bits per heavy atom. The standard InChI is InChI=1S/C22H20N4O2/c1-26(13-14-28-17-7-3-2-4-8-17)22-18-9-5-6-10-19(18)24-21(25-22)16-11-12-20(27)23-15-16/h2-12,15H,13-14H2,1H3,(H,23,27). The number of likely N-dealkylation sites (N-methyl/N-ethyl adjacent to an activating group) is 1. The van der Waals surface area contributed by atoms with E-state index in [9.17, 15) is 4.79 Å². The number of nitrogens with zero attached hydrogens (tertiary/aromatic N) is 3. The van der Waals surface area contributed by atoms with Crippen LogP contribution in [0.2, 0.25) is 0 Å². The third-order valence-electron chi connectivity index (χ3n) is 4.43. The fourth-order valence-corrected chi connectivity index (χ4v) is 2.95. The number of nitrogens with one attached hydrogen (secondary N) is 1. The van der Waals surface area contributed by atoms with E-state index in [-0.39, 0.29) is 5.56 Å². The van der Waals surface area contributed by atoms with Crippen LogP contribution in [-0.2, 0) is 0 Å². The van der Waals surface area contributed by atoms with Crippen LogP contribution in [0.4, 0.5) is 5.82 Å². The van der Waals surface area contributed by atoms with Gasteiger partial charge >= 0.3 is 0 Å². The predicted octanol–water partition coefficient (Wildman–Crippen LogP) is 3.50. The molecule has 1 N–H and O–H groups in total. The smallest absolute Gasteiger partial charge is 0.247 e. The number of ether oxygens (including phenoxy) is 1. The summed E-state index contributed by atoms with van der Waals surface area (Å²) in [7, 11) is 1.99. The number of H-pyrrole nitrogens is 1. The van der Waals surface area contributed by atoms with Crippen molar-refractivity contribution in [2.45, 2.75) is 0 Å². The Labute approximate surface area is 162 Å². The van der Waals surface area contributed by atoms with Gasteiger partial charge in [0.15, 0.2) is 5.82 Å². The first-order valence-corrected chi connectivity index (χ1v) is 9.05. The SMILES string of the molecule is CN(CCOc1ccccc1)c1nc(-c2ccc(=O)[nH]c2)nc2ccccc12. The van der Waals surface area contributed by atoms with Crippen molar-refractivity contribution in [3.63, 3.8) is 0 Å². The highest BCUT2D eigenvalue weighted by molar-refractivity contribution is 5.90. The van der Waals surface area contributed by atoms with Gasteiger partial charge in [0.1, 0.15) is 18.2 Å². The maximum atomic E-state index is 11.4. The molecule has 0 saturated carbocycles. The number of pyridine rings is 1. The van der Waals surface area contributed by atoms with Gasteiger partial charge in [-0.3, -0.25) is 4.79 Å². The third-order valence-corrected chi connectivity index (χ3v) is 4.43. The molecule has 6 heteroatoms. The van der Waals surface area contributed by atoms with Gasteiger partial charge in [0.25, 0.3) is 0 Å². The molecule has 0 aliphatic carbocycles. The Morgan fingerprint density at radius 2 is 1.75 bits per heavy atom. The number of anilines is 1. The second-order valence-corrected chi connectivity index (χ2v) is 6.41. The summed E-state index contributed by atoms with van der Waals surface area (Å²) in [5.74, 6) is 2.24. The van der Waals surface area contributed by atoms with Crippen LogP contribution in [0.3, 0.4) is 0 Å². The van der Waals surface area contributed by atoms with E-state index in [1.54, 1.807) is 12.3 Å². The van der Waals surface area contributed by atoms with Crippen LogP contribution in [0, 0.1) is 0 Å². The summed E-state index contributed by atoms with van der Waals surface area (Å²) in [6, 6.07) is 20.8. The van der Waals surface area contributed by atoms with Gasteiger partial charge in [0.2, 0.25) is 5.56 Å². The minimum absolute atomic E-state index is 0.153. The fourth-order valence-electron chi connectivity index (χ4n) is 2.95. The highest BCUT2D eigenvalue weighted by Crippen LogP contribution is 2.26. The van der Waals surface area contributed by atoms with Crippen molar-refractivity contribution in [2.24, 2.45) is 0 Å². The molecule has 2 aromatic carbocycles. The average molecular weight is 372 g/mol. The van der Waals surface area contributed by atoms with Gasteiger partial charge in [-0.2, -0.15) is 0 Å². The van der Waals surface area contributed by atoms with E-state index >= 15 is 0 Å². The Hall–Kier alpha value is -3.67. The molecule has 28 heavy (non-hydrogen) atoms. The molecule has 140 valence electrons. The molecule has 0 aliphatic heterocycles. The maximum Gasteiger partial charge on any atom is 0.247 e. The lowest BCUT2D eigenvalue weighted by atomic mass is 10.2. The van der Waals surface area contributed by atoms with Gasteiger partial charge in [-0.1, -0.05) is 30.3 Å². The summed E-state index contributed by atoms with van der Waals surface area (Å²) >= 11 is 0. The van der Waals surface area contributed by atoms with Crippen LogP contribution >= 0.6 is 0 Å². The molecule has 4 aromatic rings. The lowest BCUT2D eigenvalue weighted by molar-refractivity contribution is 0.326. The number of benzene rings is 2. The molecule has 0 spiro atoms. The monoisotopic (exact) mass is 372 g/mol. The van der Waals surface area contributed by atoms with Gasteiger partial charge in [-0.15, -0.1) is 0 Å². The van der Waals surface area contributed by atoms with Gasteiger partial charge in [0, 0.05) is 30.3 Å². The molecule has 2 heterocycles. The summed E-state index contributed by atoms with van der Waals surface area (Å²) in [6.07, 6.45) is 1.63. The van der Waals surface area contributed by atoms with Crippen molar-refractivity contribution in [2.75, 3.05) is 25.1 Å². The van der Waals surface area contributed by atoms with Crippen LogP contribution in [0.5, 0.6) is 5.75 Å². The van der Waals surface area contributed by atoms with Crippen LogP contribution in [0.15, 0.2) is 77.7 Å². The zero-order valence-corrected chi connectivity index (χ0v) is 15.5. The van der Waals surface area contributed by atoms with Gasteiger partial charge in [0.05, 0.1) is 12.1 Å². The third kappa shape index (κ3) is 3.86. The molecule has 0 amide bonds. The lowest BCUT2D eigenvalue weighted by Crippen LogP contribution is -2.25. The van der Waals surface area contributed by atoms with Crippen molar-refractivity contribution >= 4 is 16.7 Å². The Kier molecular flexibility index (Phi) is 5.01. The topological polar surface area (TPSA) is 71.1 Å². The number of para-hydroxylation sites is 2. The molecule has 0 atom stereocenters. The first-order chi connectivity index (χ1) is 13.7. The average Bonchev–Trinajstić information content (AvgIpc) is 2.74. The van der Waals surface area contributed by atoms with E-state index in [0.29, 0.717) is 19.0 Å². The molecule has 0 saturated heterocycles. The fraction of sp³-hybridized carbons (Fsp3) is 0.136. The molecule has 0 unspecified atom stereocenters. The van der Waals surface area contributed by atoms with Crippen LogP contribution in [0.25, 0.3) is 22.3 Å². The molecule has 6 nitrogen and oxygen atoms in total. The molecular formula is C22H20N4O2. The zero-order valence-electron chi connectivity index (χ0n) is 15.5. The Morgan fingerprint density at radius 3 is 2.54 bits per heavy atom. The van der Waals surface area contributed by atoms with E-state index in [1.807, 2.05) is 61.6 Å². The number of aromatic nitrogens is 3. The highest BCUT2D eigenvalue weighted by atomic mass is 16.5. The number of aromatic amines is 1. The number of hydrogen-bond acceptors (Lipinski definition) is 5. The van der Waals surface area contributed by atoms with Crippen LogP contribution in [-0.4, -0.2) is 35.2 Å². The van der Waals surface area contributed by atoms with E-state index in [2.05, 4.69) is 14.9 Å². The molecule has 2 aromatic heterocycles. The summed E-state index contributed by atoms with van der Waals surface area (Å²) in [5, 5.41) is 0.970. The number of rotatable bonds is 6. The van der Waals surface area contributed by atoms with Crippen molar-refractivity contribution in [1.29, 1.82) is 0 Å². The van der Waals surface area contributed by atoms with Crippen LogP contribution in [0.1, 0.15) is 0 Å². The first kappa shape index (κ1) is 17.7. The maximum absolute atomic E-state index is 11.4. The predicted molar refractivity (Wildman–Crippen MR) is 111 cm³/mol. The molecular weight excluding hydrogens is 352 g/mol. The quantitative estimate of drug-likeness (QED) is 0.561. The van der Waals surface area contributed by atoms with E-state index in [1.165, 1.54) is 6.07 Å². The number of hydrogen-bond donors (Lipinski definition) is 1. The summed E-state index contributed by atoms with van der Waals surface area (Å²) in [4.78, 5) is 25.5. The van der Waals surface area contributed by atoms with E-state index in [0.717, 1.165) is 28.0 Å². The minimum Gasteiger partial charge on any atom is -0.492 e. The zero-order chi connectivity index (χ0) is 19.3. The van der Waals surface area contributed by atoms with Gasteiger partial charge in [-0.25, -0.2) is 9.97 Å². The van der Waals surface area contributed by atoms with Crippen LogP contribution < -0.4 is 15.2 Å². The lowest BCUT2D eigenvalue weighted by Gasteiger charge is -2.21. The van der Waals surface area contributed by atoms with E-state index < -0.39 is 0 Å². The highest BCUT2D eigenvalue weighted by Gasteiger charge is 2.13. The van der Waals surface area contributed by atoms with E-state index in [4.69, 9.17) is 9.72 Å². The minimum atomic E-state index is -0.153. The van der Waals surface area contributed by atoms with Gasteiger partial charge in [-0.05, 0) is 30.3 Å². The summed E-state index contributed by atoms with van der Waals surface area (Å²) < 4.78 is 5.81. The first-order valence-electron chi connectivity index (χ1n) is 9.05. The number of fused-ring (bicyclic) bond motifs is 1. The normalized spacial score (nSPS) is 10.8. The molecule has 0 aliphatic rings. The molecule has 0 radical (unpaired) electrons. The summed E-state index contributed by atoms with van der Waals surface area (Å²) in [5.41, 5.74) is 1.46.